The second-order valence-electron chi connectivity index (χ2n) is 24.4. The van der Waals surface area contributed by atoms with Crippen molar-refractivity contribution in [2.45, 2.75) is 184 Å². The standard InChI is InChI=1S/C57H81O16P/c1-52(2,3)46(58)65-28-37-22-19-25-40(43(37)34-68-49(61)55(10,11)12)31-71-74(64,72-32-41-26-20-23-38(29-66-47(59)53(4,5)6)44(41)35-69-50(62)56(13,14)15)73-33-42-27-21-24-39(30-67-48(60)54(7,8)9)45(42)36-70-51(63)57(16,17)18/h19-27H,28-36H2,1-18H3. The molecule has 74 heavy (non-hydrogen) atoms. The molecule has 0 N–H and O–H groups in total. The van der Waals surface area contributed by atoms with Crippen molar-refractivity contribution >= 4 is 43.6 Å². The van der Waals surface area contributed by atoms with Crippen LogP contribution < -0.4 is 0 Å². The number of esters is 6. The van der Waals surface area contributed by atoms with Gasteiger partial charge in [0.2, 0.25) is 0 Å². The molecular formula is C57H81O16P. The highest BCUT2D eigenvalue weighted by atomic mass is 31.2. The fraction of sp³-hybridized carbons (Fsp3) is 0.579. The zero-order chi connectivity index (χ0) is 56.3. The number of hydrogen-bond acceptors (Lipinski definition) is 16. The minimum atomic E-state index is -4.75. The second kappa shape index (κ2) is 25.4. The molecule has 0 aliphatic carbocycles. The number of phosphoric acid groups is 1. The zero-order valence-electron chi connectivity index (χ0n) is 47.0. The van der Waals surface area contributed by atoms with E-state index in [4.69, 9.17) is 42.0 Å². The molecule has 0 saturated carbocycles. The third-order valence-electron chi connectivity index (χ3n) is 11.0. The highest BCUT2D eigenvalue weighted by Crippen LogP contribution is 2.52. The van der Waals surface area contributed by atoms with Crippen molar-refractivity contribution in [1.29, 1.82) is 0 Å². The van der Waals surface area contributed by atoms with Crippen LogP contribution in [0.15, 0.2) is 54.6 Å². The van der Waals surface area contributed by atoms with E-state index in [0.29, 0.717) is 50.1 Å². The van der Waals surface area contributed by atoms with Crippen molar-refractivity contribution in [2.24, 2.45) is 32.5 Å². The largest absolute Gasteiger partial charge is 0.475 e. The predicted molar refractivity (Wildman–Crippen MR) is 277 cm³/mol. The Morgan fingerprint density at radius 3 is 0.635 bits per heavy atom. The van der Waals surface area contributed by atoms with Gasteiger partial charge in [-0.25, -0.2) is 4.57 Å². The van der Waals surface area contributed by atoms with Gasteiger partial charge < -0.3 is 28.4 Å². The first kappa shape index (κ1) is 62.9. The lowest BCUT2D eigenvalue weighted by molar-refractivity contribution is -0.155. The average Bonchev–Trinajstić information content (AvgIpc) is 3.28. The molecule has 0 amide bonds. The summed E-state index contributed by atoms with van der Waals surface area (Å²) in [6, 6.07) is 15.2. The van der Waals surface area contributed by atoms with Crippen LogP contribution in [0.2, 0.25) is 0 Å². The van der Waals surface area contributed by atoms with Crippen molar-refractivity contribution in [1.82, 2.24) is 0 Å². The monoisotopic (exact) mass is 1050 g/mol. The lowest BCUT2D eigenvalue weighted by Crippen LogP contribution is -2.24. The molecule has 0 atom stereocenters. The summed E-state index contributed by atoms with van der Waals surface area (Å²) >= 11 is 0. The van der Waals surface area contributed by atoms with Gasteiger partial charge in [-0.05, 0) is 158 Å². The van der Waals surface area contributed by atoms with Gasteiger partial charge in [0.05, 0.1) is 52.3 Å². The zero-order valence-corrected chi connectivity index (χ0v) is 47.9. The van der Waals surface area contributed by atoms with Gasteiger partial charge in [-0.3, -0.25) is 42.3 Å². The van der Waals surface area contributed by atoms with Crippen molar-refractivity contribution in [3.8, 4) is 0 Å². The minimum absolute atomic E-state index is 0.176. The Hall–Kier alpha value is -5.41. The van der Waals surface area contributed by atoms with Gasteiger partial charge in [0.15, 0.2) is 0 Å². The SMILES string of the molecule is CC(C)(C)C(=O)OCc1cccc(COP(=O)(OCc2cccc(COC(=O)C(C)(C)C)c2COC(=O)C(C)(C)C)OCc2cccc(COC(=O)C(C)(C)C)c2COC(=O)C(C)(C)C)c1COC(=O)C(C)(C)C. The normalized spacial score (nSPS) is 12.7. The fourth-order valence-electron chi connectivity index (χ4n) is 6.13. The number of benzene rings is 3. The van der Waals surface area contributed by atoms with Crippen LogP contribution in [-0.4, -0.2) is 35.8 Å². The van der Waals surface area contributed by atoms with Gasteiger partial charge >= 0.3 is 43.6 Å². The van der Waals surface area contributed by atoms with Crippen LogP contribution in [0.1, 0.15) is 175 Å². The number of hydrogen-bond donors (Lipinski definition) is 0. The third kappa shape index (κ3) is 19.7. The molecule has 3 rings (SSSR count). The van der Waals surface area contributed by atoms with Crippen LogP contribution in [0.5, 0.6) is 0 Å². The maximum absolute atomic E-state index is 15.4. The average molecular weight is 1050 g/mol. The molecule has 3 aromatic rings. The molecule has 16 nitrogen and oxygen atoms in total. The highest BCUT2D eigenvalue weighted by Gasteiger charge is 2.33. The Balaban J connectivity index is 2.21. The Bertz CT molecular complexity index is 2240. The topological polar surface area (TPSA) is 203 Å². The van der Waals surface area contributed by atoms with E-state index in [1.54, 1.807) is 179 Å². The van der Waals surface area contributed by atoms with Crippen LogP contribution in [0.4, 0.5) is 0 Å². The molecule has 0 heterocycles. The lowest BCUT2D eigenvalue weighted by atomic mass is 9.97. The van der Waals surface area contributed by atoms with E-state index >= 15 is 4.57 Å². The van der Waals surface area contributed by atoms with E-state index in [-0.39, 0.29) is 39.6 Å². The van der Waals surface area contributed by atoms with Gasteiger partial charge in [-0.15, -0.1) is 0 Å². The van der Waals surface area contributed by atoms with Gasteiger partial charge in [-0.1, -0.05) is 54.6 Å². The van der Waals surface area contributed by atoms with Crippen LogP contribution in [0, 0.1) is 32.5 Å². The van der Waals surface area contributed by atoms with E-state index < -0.39 is 95.9 Å². The predicted octanol–water partition coefficient (Wildman–Crippen LogP) is 12.3. The molecular weight excluding hydrogens is 972 g/mol. The molecule has 0 unspecified atom stereocenters. The number of carbonyl (C=O) groups excluding carboxylic acids is 6. The number of ether oxygens (including phenoxy) is 6. The third-order valence-corrected chi connectivity index (χ3v) is 12.4. The molecule has 0 bridgehead atoms. The van der Waals surface area contributed by atoms with E-state index in [1.807, 2.05) is 0 Å². The summed E-state index contributed by atoms with van der Waals surface area (Å²) in [6.45, 7) is 28.3. The summed E-state index contributed by atoms with van der Waals surface area (Å²) in [4.78, 5) is 78.0. The Kier molecular flexibility index (Phi) is 21.6. The molecule has 0 aliphatic heterocycles. The maximum atomic E-state index is 15.4. The van der Waals surface area contributed by atoms with E-state index in [2.05, 4.69) is 0 Å². The number of carbonyl (C=O) groups is 6. The van der Waals surface area contributed by atoms with Crippen LogP contribution in [0.3, 0.4) is 0 Å². The summed E-state index contributed by atoms with van der Waals surface area (Å²) in [7, 11) is -4.75. The van der Waals surface area contributed by atoms with Crippen LogP contribution in [-0.2, 0) is 135 Å². The summed E-state index contributed by atoms with van der Waals surface area (Å²) in [5.41, 5.74) is -1.00. The number of phosphoric ester groups is 1. The van der Waals surface area contributed by atoms with Crippen molar-refractivity contribution < 1.29 is 75.3 Å². The Morgan fingerprint density at radius 1 is 0.297 bits per heavy atom. The van der Waals surface area contributed by atoms with E-state index in [0.717, 1.165) is 0 Å². The molecule has 0 aromatic heterocycles. The Morgan fingerprint density at radius 2 is 0.459 bits per heavy atom. The highest BCUT2D eigenvalue weighted by molar-refractivity contribution is 7.48. The van der Waals surface area contributed by atoms with Gasteiger partial charge in [0.25, 0.3) is 0 Å². The first-order valence-corrected chi connectivity index (χ1v) is 26.2. The molecule has 0 spiro atoms. The summed E-state index contributed by atoms with van der Waals surface area (Å²) < 4.78 is 68.4. The van der Waals surface area contributed by atoms with Gasteiger partial charge in [-0.2, -0.15) is 0 Å². The van der Waals surface area contributed by atoms with Gasteiger partial charge in [0, 0.05) is 16.7 Å². The first-order chi connectivity index (χ1) is 33.8. The first-order valence-electron chi connectivity index (χ1n) is 24.7. The van der Waals surface area contributed by atoms with Crippen LogP contribution in [0.25, 0.3) is 0 Å². The summed E-state index contributed by atoms with van der Waals surface area (Å²) in [5.74, 6) is -2.88. The fourth-order valence-corrected chi connectivity index (χ4v) is 7.25. The maximum Gasteiger partial charge on any atom is 0.475 e. The summed E-state index contributed by atoms with van der Waals surface area (Å²) in [5, 5.41) is 0. The van der Waals surface area contributed by atoms with Crippen molar-refractivity contribution in [3.63, 3.8) is 0 Å². The quantitative estimate of drug-likeness (QED) is 0.0553. The molecule has 0 fully saturated rings. The van der Waals surface area contributed by atoms with E-state index in [9.17, 15) is 28.8 Å². The number of rotatable bonds is 21. The van der Waals surface area contributed by atoms with E-state index in [1.165, 1.54) is 0 Å². The smallest absolute Gasteiger partial charge is 0.460 e. The minimum Gasteiger partial charge on any atom is -0.460 e. The van der Waals surface area contributed by atoms with Gasteiger partial charge in [0.1, 0.15) is 39.6 Å². The Labute approximate surface area is 438 Å². The van der Waals surface area contributed by atoms with Crippen molar-refractivity contribution in [2.75, 3.05) is 0 Å². The summed E-state index contributed by atoms with van der Waals surface area (Å²) in [6.07, 6.45) is 0. The molecule has 17 heteroatoms. The van der Waals surface area contributed by atoms with Crippen LogP contribution >= 0.6 is 7.82 Å². The molecule has 0 saturated heterocycles. The second-order valence-corrected chi connectivity index (χ2v) is 26.1. The molecule has 3 aromatic carbocycles. The molecule has 0 radical (unpaired) electrons. The molecule has 0 aliphatic rings. The molecule has 410 valence electrons. The van der Waals surface area contributed by atoms with Crippen molar-refractivity contribution in [3.05, 3.63) is 105 Å². The lowest BCUT2D eigenvalue weighted by Gasteiger charge is -2.24.